The van der Waals surface area contributed by atoms with E-state index in [0.717, 1.165) is 16.0 Å². The van der Waals surface area contributed by atoms with Crippen LogP contribution in [0, 0.1) is 0 Å². The molecule has 0 aliphatic rings. The summed E-state index contributed by atoms with van der Waals surface area (Å²) in [5.74, 6) is -0.250. The molecule has 1 unspecified atom stereocenters. The Kier molecular flexibility index (Phi) is 4.83. The molecule has 1 atom stereocenters. The summed E-state index contributed by atoms with van der Waals surface area (Å²) in [6.07, 6.45) is 0. The molecule has 1 rings (SSSR count). The molecule has 0 bridgehead atoms. The highest BCUT2D eigenvalue weighted by molar-refractivity contribution is 8.02. The highest BCUT2D eigenvalue weighted by atomic mass is 32.2. The molecule has 15 heavy (non-hydrogen) atoms. The summed E-state index contributed by atoms with van der Waals surface area (Å²) in [7, 11) is 1.38. The van der Waals surface area contributed by atoms with Crippen molar-refractivity contribution in [2.24, 2.45) is 0 Å². The molecule has 5 nitrogen and oxygen atoms in total. The topological polar surface area (TPSA) is 64.1 Å². The van der Waals surface area contributed by atoms with Gasteiger partial charge in [-0.1, -0.05) is 23.1 Å². The number of hydrogen-bond donors (Lipinski definition) is 1. The number of hydrogen-bond acceptors (Lipinski definition) is 7. The minimum absolute atomic E-state index is 0.250. The molecule has 0 radical (unpaired) electrons. The smallest absolute Gasteiger partial charge is 0.318 e. The fourth-order valence-electron chi connectivity index (χ4n) is 0.845. The number of nitrogens with one attached hydrogen (secondary N) is 1. The summed E-state index contributed by atoms with van der Waals surface area (Å²) in [5, 5.41) is 11.5. The van der Waals surface area contributed by atoms with E-state index in [-0.39, 0.29) is 11.2 Å². The van der Waals surface area contributed by atoms with Gasteiger partial charge in [0.15, 0.2) is 4.34 Å². The molecular formula is C8H13N3O2S2. The van der Waals surface area contributed by atoms with Crippen LogP contribution in [-0.4, -0.2) is 35.1 Å². The first kappa shape index (κ1) is 12.3. The lowest BCUT2D eigenvalue weighted by molar-refractivity contribution is -0.139. The normalized spacial score (nSPS) is 12.2. The van der Waals surface area contributed by atoms with Gasteiger partial charge in [-0.15, -0.1) is 10.2 Å². The third-order valence-electron chi connectivity index (χ3n) is 1.55. The molecule has 1 heterocycles. The second-order valence-corrected chi connectivity index (χ2v) is 5.25. The zero-order valence-corrected chi connectivity index (χ0v) is 10.4. The van der Waals surface area contributed by atoms with Gasteiger partial charge in [-0.2, -0.15) is 0 Å². The van der Waals surface area contributed by atoms with Crippen LogP contribution in [0.3, 0.4) is 0 Å². The summed E-state index contributed by atoms with van der Waals surface area (Å²) in [6.45, 7) is 4.59. The third kappa shape index (κ3) is 3.67. The van der Waals surface area contributed by atoms with Crippen LogP contribution in [0.1, 0.15) is 13.8 Å². The second kappa shape index (κ2) is 5.92. The van der Waals surface area contributed by atoms with Crippen molar-refractivity contribution in [2.45, 2.75) is 23.4 Å². The van der Waals surface area contributed by atoms with Gasteiger partial charge in [0.1, 0.15) is 5.25 Å². The van der Waals surface area contributed by atoms with Gasteiger partial charge in [-0.05, 0) is 13.8 Å². The number of thioether (sulfide) groups is 1. The van der Waals surface area contributed by atoms with Crippen LogP contribution in [0.5, 0.6) is 0 Å². The van der Waals surface area contributed by atoms with E-state index in [4.69, 9.17) is 0 Å². The van der Waals surface area contributed by atoms with E-state index in [2.05, 4.69) is 20.3 Å². The van der Waals surface area contributed by atoms with Crippen LogP contribution < -0.4 is 5.32 Å². The molecule has 84 valence electrons. The molecule has 0 saturated heterocycles. The molecule has 0 aliphatic heterocycles. The van der Waals surface area contributed by atoms with Gasteiger partial charge >= 0.3 is 5.97 Å². The number of rotatable bonds is 5. The van der Waals surface area contributed by atoms with Crippen LogP contribution in [0.25, 0.3) is 0 Å². The standard InChI is InChI=1S/C8H13N3O2S2/c1-4-9-7-10-11-8(15-7)14-5(2)6(12)13-3/h5H,4H2,1-3H3,(H,9,10). The summed E-state index contributed by atoms with van der Waals surface area (Å²) in [5.41, 5.74) is 0. The van der Waals surface area contributed by atoms with Crippen molar-refractivity contribution in [3.05, 3.63) is 0 Å². The summed E-state index contributed by atoms with van der Waals surface area (Å²) >= 11 is 2.79. The molecule has 0 fully saturated rings. The Hall–Kier alpha value is -0.820. The Balaban J connectivity index is 2.53. The minimum Gasteiger partial charge on any atom is -0.468 e. The van der Waals surface area contributed by atoms with Gasteiger partial charge in [0.05, 0.1) is 7.11 Å². The molecule has 1 aromatic rings. The molecule has 1 aromatic heterocycles. The summed E-state index contributed by atoms with van der Waals surface area (Å²) in [4.78, 5) is 11.1. The average molecular weight is 247 g/mol. The lowest BCUT2D eigenvalue weighted by Gasteiger charge is -2.04. The maximum atomic E-state index is 11.1. The van der Waals surface area contributed by atoms with Crippen molar-refractivity contribution in [2.75, 3.05) is 19.0 Å². The lowest BCUT2D eigenvalue weighted by Crippen LogP contribution is -2.14. The Morgan fingerprint density at radius 1 is 1.67 bits per heavy atom. The zero-order valence-electron chi connectivity index (χ0n) is 8.81. The van der Waals surface area contributed by atoms with E-state index in [9.17, 15) is 4.79 Å². The highest BCUT2D eigenvalue weighted by Gasteiger charge is 2.17. The Morgan fingerprint density at radius 2 is 2.40 bits per heavy atom. The van der Waals surface area contributed by atoms with Gasteiger partial charge in [0.2, 0.25) is 5.13 Å². The van der Waals surface area contributed by atoms with Crippen molar-refractivity contribution >= 4 is 34.2 Å². The van der Waals surface area contributed by atoms with Gasteiger partial charge in [0, 0.05) is 6.54 Å². The van der Waals surface area contributed by atoms with E-state index in [1.807, 2.05) is 6.92 Å². The number of carbonyl (C=O) groups is 1. The van der Waals surface area contributed by atoms with E-state index in [1.165, 1.54) is 30.2 Å². The van der Waals surface area contributed by atoms with Crippen LogP contribution in [0.15, 0.2) is 4.34 Å². The van der Waals surface area contributed by atoms with Crippen LogP contribution in [-0.2, 0) is 9.53 Å². The third-order valence-corrected chi connectivity index (χ3v) is 3.59. The molecule has 0 aliphatic carbocycles. The van der Waals surface area contributed by atoms with Crippen molar-refractivity contribution in [3.8, 4) is 0 Å². The number of ether oxygens (including phenoxy) is 1. The number of carbonyl (C=O) groups excluding carboxylic acids is 1. The van der Waals surface area contributed by atoms with Gasteiger partial charge in [0.25, 0.3) is 0 Å². The fourth-order valence-corrected chi connectivity index (χ4v) is 2.84. The Labute approximate surface area is 96.6 Å². The van der Waals surface area contributed by atoms with Crippen LogP contribution in [0.2, 0.25) is 0 Å². The van der Waals surface area contributed by atoms with E-state index in [1.54, 1.807) is 6.92 Å². The SMILES string of the molecule is CCNc1nnc(SC(C)C(=O)OC)s1. The zero-order chi connectivity index (χ0) is 11.3. The molecule has 0 saturated carbocycles. The Morgan fingerprint density at radius 3 is 3.00 bits per heavy atom. The van der Waals surface area contributed by atoms with Crippen molar-refractivity contribution in [1.29, 1.82) is 0 Å². The first-order chi connectivity index (χ1) is 7.17. The highest BCUT2D eigenvalue weighted by Crippen LogP contribution is 2.28. The Bertz CT molecular complexity index is 329. The van der Waals surface area contributed by atoms with Crippen LogP contribution in [0.4, 0.5) is 5.13 Å². The first-order valence-electron chi connectivity index (χ1n) is 4.49. The van der Waals surface area contributed by atoms with Gasteiger partial charge < -0.3 is 10.1 Å². The van der Waals surface area contributed by atoms with E-state index in [0.29, 0.717) is 0 Å². The van der Waals surface area contributed by atoms with Crippen LogP contribution >= 0.6 is 23.1 Å². The maximum absolute atomic E-state index is 11.1. The molecule has 0 spiro atoms. The predicted molar refractivity (Wildman–Crippen MR) is 61.4 cm³/mol. The number of nitrogens with zero attached hydrogens (tertiary/aromatic N) is 2. The average Bonchev–Trinajstić information content (AvgIpc) is 2.65. The van der Waals surface area contributed by atoms with E-state index >= 15 is 0 Å². The number of aromatic nitrogens is 2. The van der Waals surface area contributed by atoms with Crippen molar-refractivity contribution in [3.63, 3.8) is 0 Å². The molecule has 1 N–H and O–H groups in total. The molecule has 0 aromatic carbocycles. The fraction of sp³-hybridized carbons (Fsp3) is 0.625. The van der Waals surface area contributed by atoms with Crippen molar-refractivity contribution < 1.29 is 9.53 Å². The largest absolute Gasteiger partial charge is 0.468 e. The molecular weight excluding hydrogens is 234 g/mol. The minimum atomic E-state index is -0.252. The summed E-state index contributed by atoms with van der Waals surface area (Å²) in [6, 6.07) is 0. The quantitative estimate of drug-likeness (QED) is 0.630. The maximum Gasteiger partial charge on any atom is 0.318 e. The predicted octanol–water partition coefficient (Wildman–Crippen LogP) is 1.62. The number of esters is 1. The monoisotopic (exact) mass is 247 g/mol. The number of methoxy groups -OCH3 is 1. The van der Waals surface area contributed by atoms with E-state index < -0.39 is 0 Å². The lowest BCUT2D eigenvalue weighted by atomic mass is 10.5. The number of anilines is 1. The second-order valence-electron chi connectivity index (χ2n) is 2.69. The first-order valence-corrected chi connectivity index (χ1v) is 6.18. The van der Waals surface area contributed by atoms with Gasteiger partial charge in [-0.3, -0.25) is 4.79 Å². The van der Waals surface area contributed by atoms with Gasteiger partial charge in [-0.25, -0.2) is 0 Å². The molecule has 0 amide bonds. The molecule has 7 heteroatoms. The summed E-state index contributed by atoms with van der Waals surface area (Å²) < 4.78 is 5.39. The van der Waals surface area contributed by atoms with Crippen molar-refractivity contribution in [1.82, 2.24) is 10.2 Å².